The van der Waals surface area contributed by atoms with Gasteiger partial charge in [0.05, 0.1) is 24.7 Å². The molecule has 0 bridgehead atoms. The normalized spacial score (nSPS) is 17.7. The van der Waals surface area contributed by atoms with Gasteiger partial charge in [-0.15, -0.1) is 0 Å². The summed E-state index contributed by atoms with van der Waals surface area (Å²) >= 11 is 0. The van der Waals surface area contributed by atoms with Crippen LogP contribution in [0.1, 0.15) is 25.0 Å². The summed E-state index contributed by atoms with van der Waals surface area (Å²) in [4.78, 5) is 14.9. The van der Waals surface area contributed by atoms with Crippen LogP contribution >= 0.6 is 0 Å². The lowest BCUT2D eigenvalue weighted by atomic mass is 9.88. The lowest BCUT2D eigenvalue weighted by Crippen LogP contribution is -2.68. The smallest absolute Gasteiger partial charge is 0.305 e. The van der Waals surface area contributed by atoms with Crippen LogP contribution in [0.4, 0.5) is 0 Å². The molecule has 1 saturated heterocycles. The SMILES string of the molecule is CCc1cnc(CNC2(CC(=O)O)CNC2)o1. The average Bonchev–Trinajstić information content (AvgIpc) is 2.69. The summed E-state index contributed by atoms with van der Waals surface area (Å²) in [6.45, 7) is 3.80. The van der Waals surface area contributed by atoms with E-state index in [1.807, 2.05) is 6.92 Å². The van der Waals surface area contributed by atoms with Gasteiger partial charge in [-0.2, -0.15) is 0 Å². The van der Waals surface area contributed by atoms with Crippen LogP contribution in [0.3, 0.4) is 0 Å². The second-order valence-corrected chi connectivity index (χ2v) is 4.38. The maximum atomic E-state index is 10.8. The number of hydrogen-bond acceptors (Lipinski definition) is 5. The third-order valence-corrected chi connectivity index (χ3v) is 2.98. The van der Waals surface area contributed by atoms with Crippen LogP contribution < -0.4 is 10.6 Å². The number of hydrogen-bond donors (Lipinski definition) is 3. The van der Waals surface area contributed by atoms with Crippen LogP contribution in [0.15, 0.2) is 10.6 Å². The summed E-state index contributed by atoms with van der Waals surface area (Å²) in [5.74, 6) is 0.667. The minimum absolute atomic E-state index is 0.112. The van der Waals surface area contributed by atoms with Crippen LogP contribution in [0.2, 0.25) is 0 Å². The molecule has 0 aliphatic carbocycles. The fourth-order valence-corrected chi connectivity index (χ4v) is 1.89. The maximum absolute atomic E-state index is 10.8. The number of rotatable bonds is 6. The monoisotopic (exact) mass is 239 g/mol. The first-order chi connectivity index (χ1) is 8.13. The van der Waals surface area contributed by atoms with Crippen molar-refractivity contribution in [3.8, 4) is 0 Å². The van der Waals surface area contributed by atoms with E-state index < -0.39 is 5.97 Å². The summed E-state index contributed by atoms with van der Waals surface area (Å²) in [6.07, 6.45) is 2.63. The van der Waals surface area contributed by atoms with E-state index in [-0.39, 0.29) is 12.0 Å². The summed E-state index contributed by atoms with van der Waals surface area (Å²) in [5, 5.41) is 15.1. The molecule has 0 atom stereocenters. The molecular formula is C11H17N3O3. The molecule has 17 heavy (non-hydrogen) atoms. The molecule has 0 radical (unpaired) electrons. The average molecular weight is 239 g/mol. The predicted octanol–water partition coefficient (Wildman–Crippen LogP) is 0.143. The second kappa shape index (κ2) is 4.85. The van der Waals surface area contributed by atoms with Crippen LogP contribution in [-0.4, -0.2) is 34.7 Å². The van der Waals surface area contributed by atoms with Crippen LogP contribution in [0.25, 0.3) is 0 Å². The zero-order valence-corrected chi connectivity index (χ0v) is 9.82. The van der Waals surface area contributed by atoms with Crippen molar-refractivity contribution in [1.29, 1.82) is 0 Å². The maximum Gasteiger partial charge on any atom is 0.305 e. The van der Waals surface area contributed by atoms with Crippen LogP contribution in [0, 0.1) is 0 Å². The molecule has 6 nitrogen and oxygen atoms in total. The third-order valence-electron chi connectivity index (χ3n) is 2.98. The summed E-state index contributed by atoms with van der Waals surface area (Å²) in [7, 11) is 0. The van der Waals surface area contributed by atoms with Gasteiger partial charge in [0.1, 0.15) is 5.76 Å². The van der Waals surface area contributed by atoms with Crippen molar-refractivity contribution in [2.75, 3.05) is 13.1 Å². The minimum Gasteiger partial charge on any atom is -0.481 e. The molecule has 2 heterocycles. The van der Waals surface area contributed by atoms with E-state index >= 15 is 0 Å². The predicted molar refractivity (Wildman–Crippen MR) is 60.6 cm³/mol. The van der Waals surface area contributed by atoms with E-state index in [2.05, 4.69) is 15.6 Å². The first kappa shape index (κ1) is 12.1. The second-order valence-electron chi connectivity index (χ2n) is 4.38. The first-order valence-corrected chi connectivity index (χ1v) is 5.75. The number of aryl methyl sites for hydroxylation is 1. The first-order valence-electron chi connectivity index (χ1n) is 5.75. The fourth-order valence-electron chi connectivity index (χ4n) is 1.89. The number of carbonyl (C=O) groups is 1. The van der Waals surface area contributed by atoms with Gasteiger partial charge in [-0.1, -0.05) is 6.92 Å². The Morgan fingerprint density at radius 3 is 2.94 bits per heavy atom. The van der Waals surface area contributed by atoms with Gasteiger partial charge in [-0.25, -0.2) is 4.98 Å². The van der Waals surface area contributed by atoms with Crippen LogP contribution in [0.5, 0.6) is 0 Å². The molecule has 1 aromatic heterocycles. The molecule has 0 unspecified atom stereocenters. The third kappa shape index (κ3) is 2.83. The summed E-state index contributed by atoms with van der Waals surface area (Å²) < 4.78 is 5.46. The Morgan fingerprint density at radius 2 is 2.47 bits per heavy atom. The molecule has 0 amide bonds. The van der Waals surface area contributed by atoms with E-state index in [1.165, 1.54) is 0 Å². The molecule has 0 saturated carbocycles. The van der Waals surface area contributed by atoms with Gasteiger partial charge < -0.3 is 14.8 Å². The Labute approximate surface area is 99.4 Å². The Kier molecular flexibility index (Phi) is 3.44. The number of nitrogens with zero attached hydrogens (tertiary/aromatic N) is 1. The van der Waals surface area contributed by atoms with Gasteiger partial charge in [0, 0.05) is 19.5 Å². The van der Waals surface area contributed by atoms with Crippen molar-refractivity contribution >= 4 is 5.97 Å². The minimum atomic E-state index is -0.791. The topological polar surface area (TPSA) is 87.4 Å². The van der Waals surface area contributed by atoms with Crippen molar-refractivity contribution in [2.45, 2.75) is 31.8 Å². The molecule has 1 fully saturated rings. The highest BCUT2D eigenvalue weighted by molar-refractivity contribution is 5.68. The molecule has 2 rings (SSSR count). The molecular weight excluding hydrogens is 222 g/mol. The zero-order valence-electron chi connectivity index (χ0n) is 9.82. The molecule has 94 valence electrons. The number of oxazole rings is 1. The van der Waals surface area contributed by atoms with E-state index in [4.69, 9.17) is 9.52 Å². The van der Waals surface area contributed by atoms with Crippen molar-refractivity contribution in [3.05, 3.63) is 17.8 Å². The number of aromatic nitrogens is 1. The standard InChI is InChI=1S/C11H17N3O3/c1-2-8-4-13-9(17-8)5-14-11(3-10(15)16)6-12-7-11/h4,12,14H,2-3,5-7H2,1H3,(H,15,16). The van der Waals surface area contributed by atoms with Gasteiger partial charge in [0.15, 0.2) is 0 Å². The number of aliphatic carboxylic acids is 1. The molecule has 3 N–H and O–H groups in total. The lowest BCUT2D eigenvalue weighted by Gasteiger charge is -2.42. The summed E-state index contributed by atoms with van der Waals surface area (Å²) in [6, 6.07) is 0. The van der Waals surface area contributed by atoms with Gasteiger partial charge in [-0.3, -0.25) is 10.1 Å². The van der Waals surface area contributed by atoms with E-state index in [1.54, 1.807) is 6.20 Å². The quantitative estimate of drug-likeness (QED) is 0.654. The molecule has 1 aromatic rings. The Morgan fingerprint density at radius 1 is 1.71 bits per heavy atom. The Hall–Kier alpha value is -1.40. The molecule has 1 aliphatic rings. The van der Waals surface area contributed by atoms with Crippen LogP contribution in [-0.2, 0) is 17.8 Å². The molecule has 0 aromatic carbocycles. The fraction of sp³-hybridized carbons (Fsp3) is 0.636. The van der Waals surface area contributed by atoms with Crippen molar-refractivity contribution < 1.29 is 14.3 Å². The molecule has 6 heteroatoms. The zero-order chi connectivity index (χ0) is 12.3. The van der Waals surface area contributed by atoms with Gasteiger partial charge in [0.2, 0.25) is 5.89 Å². The van der Waals surface area contributed by atoms with E-state index in [9.17, 15) is 4.79 Å². The summed E-state index contributed by atoms with van der Waals surface area (Å²) in [5.41, 5.74) is -0.354. The van der Waals surface area contributed by atoms with Gasteiger partial charge in [-0.05, 0) is 0 Å². The Balaban J connectivity index is 1.89. The van der Waals surface area contributed by atoms with Gasteiger partial charge >= 0.3 is 5.97 Å². The van der Waals surface area contributed by atoms with E-state index in [0.29, 0.717) is 25.5 Å². The van der Waals surface area contributed by atoms with Crippen molar-refractivity contribution in [3.63, 3.8) is 0 Å². The lowest BCUT2D eigenvalue weighted by molar-refractivity contribution is -0.139. The highest BCUT2D eigenvalue weighted by Crippen LogP contribution is 2.17. The molecule has 1 aliphatic heterocycles. The van der Waals surface area contributed by atoms with Gasteiger partial charge in [0.25, 0.3) is 0 Å². The largest absolute Gasteiger partial charge is 0.481 e. The van der Waals surface area contributed by atoms with E-state index in [0.717, 1.165) is 12.2 Å². The highest BCUT2D eigenvalue weighted by atomic mass is 16.4. The Bertz CT molecular complexity index is 398. The highest BCUT2D eigenvalue weighted by Gasteiger charge is 2.38. The van der Waals surface area contributed by atoms with Crippen molar-refractivity contribution in [1.82, 2.24) is 15.6 Å². The molecule has 0 spiro atoms. The number of nitrogens with one attached hydrogen (secondary N) is 2. The van der Waals surface area contributed by atoms with Crippen molar-refractivity contribution in [2.24, 2.45) is 0 Å². The number of carboxylic acid groups (broad SMARTS) is 1. The number of carboxylic acids is 1.